The van der Waals surface area contributed by atoms with Gasteiger partial charge in [-0.15, -0.1) is 0 Å². The predicted octanol–water partition coefficient (Wildman–Crippen LogP) is 5.12. The quantitative estimate of drug-likeness (QED) is 0.543. The van der Waals surface area contributed by atoms with Crippen LogP contribution in [0.15, 0.2) is 48.5 Å². The first-order valence-corrected chi connectivity index (χ1v) is 12.5. The van der Waals surface area contributed by atoms with Crippen LogP contribution < -0.4 is 0 Å². The summed E-state index contributed by atoms with van der Waals surface area (Å²) in [7, 11) is 1.33. The van der Waals surface area contributed by atoms with Crippen molar-refractivity contribution in [2.45, 2.75) is 45.6 Å². The fourth-order valence-corrected chi connectivity index (χ4v) is 6.85. The maximum Gasteiger partial charge on any atom is 0.119 e. The zero-order valence-corrected chi connectivity index (χ0v) is 16.3. The van der Waals surface area contributed by atoms with E-state index < -0.39 is 8.07 Å². The number of benzene rings is 2. The minimum atomic E-state index is -1.15. The molecule has 0 bridgehead atoms. The van der Waals surface area contributed by atoms with Crippen molar-refractivity contribution < 1.29 is 4.48 Å². The van der Waals surface area contributed by atoms with Crippen LogP contribution in [0.3, 0.4) is 0 Å². The Labute approximate surface area is 142 Å². The number of nitrogens with zero attached hydrogens (tertiary/aromatic N) is 1. The number of fused-ring (bicyclic) bond motifs is 1. The molecule has 0 amide bonds. The first-order valence-electron chi connectivity index (χ1n) is 8.74. The van der Waals surface area contributed by atoms with Gasteiger partial charge in [0.1, 0.15) is 20.7 Å². The molecule has 1 aliphatic rings. The van der Waals surface area contributed by atoms with Crippen molar-refractivity contribution in [1.82, 2.24) is 0 Å². The highest BCUT2D eigenvalue weighted by Crippen LogP contribution is 2.39. The summed E-state index contributed by atoms with van der Waals surface area (Å²) in [6, 6.07) is 18.9. The first-order chi connectivity index (χ1) is 10.8. The molecule has 0 unspecified atom stereocenters. The molecule has 1 heterocycles. The summed E-state index contributed by atoms with van der Waals surface area (Å²) in [5, 5.41) is 0. The maximum atomic E-state index is 2.50. The second kappa shape index (κ2) is 5.92. The van der Waals surface area contributed by atoms with Gasteiger partial charge in [0.2, 0.25) is 0 Å². The Bertz CT molecular complexity index is 684. The van der Waals surface area contributed by atoms with Gasteiger partial charge in [-0.1, -0.05) is 73.7 Å². The smallest absolute Gasteiger partial charge is 0.119 e. The van der Waals surface area contributed by atoms with E-state index in [1.54, 1.807) is 11.1 Å². The number of rotatable bonds is 3. The molecule has 0 saturated heterocycles. The summed E-state index contributed by atoms with van der Waals surface area (Å²) in [5.41, 5.74) is 5.95. The molecule has 23 heavy (non-hydrogen) atoms. The predicted molar refractivity (Wildman–Crippen MR) is 102 cm³/mol. The Balaban J connectivity index is 2.04. The van der Waals surface area contributed by atoms with Crippen LogP contribution >= 0.6 is 0 Å². The molecule has 2 aromatic rings. The lowest BCUT2D eigenvalue weighted by Crippen LogP contribution is -2.56. The van der Waals surface area contributed by atoms with Gasteiger partial charge in [0.05, 0.1) is 13.2 Å². The van der Waals surface area contributed by atoms with Crippen LogP contribution in [0.4, 0.5) is 0 Å². The first kappa shape index (κ1) is 16.5. The number of hydrogen-bond acceptors (Lipinski definition) is 0. The standard InChI is InChI=1S/C21H30NSi/c1-17-10-12-18(13-11-17)21-14-19-8-6-7-9-20(19)15-22(21,2)16-23(3,4)5/h6-13,21H,14-16H2,1-5H3/q+1/t21-,22+/m0/s1. The number of quaternary nitrogens is 1. The molecule has 0 aliphatic carbocycles. The molecule has 2 heteroatoms. The Morgan fingerprint density at radius 2 is 1.57 bits per heavy atom. The molecule has 1 aliphatic heterocycles. The van der Waals surface area contributed by atoms with Crippen molar-refractivity contribution in [3.8, 4) is 0 Å². The van der Waals surface area contributed by atoms with Crippen LogP contribution in [0.1, 0.15) is 28.3 Å². The molecule has 1 nitrogen and oxygen atoms in total. The lowest BCUT2D eigenvalue weighted by atomic mass is 9.88. The SMILES string of the molecule is Cc1ccc([C@@H]2Cc3ccccc3C[N@+]2(C)C[Si](C)(C)C)cc1. The summed E-state index contributed by atoms with van der Waals surface area (Å²) in [6.45, 7) is 10.9. The van der Waals surface area contributed by atoms with E-state index in [1.165, 1.54) is 30.3 Å². The number of likely N-dealkylation sites (N-methyl/N-ethyl adjacent to an activating group) is 1. The third kappa shape index (κ3) is 3.59. The van der Waals surface area contributed by atoms with Gasteiger partial charge in [0, 0.05) is 17.5 Å². The topological polar surface area (TPSA) is 0 Å². The van der Waals surface area contributed by atoms with Crippen molar-refractivity contribution in [2.24, 2.45) is 0 Å². The Morgan fingerprint density at radius 1 is 0.957 bits per heavy atom. The van der Waals surface area contributed by atoms with Crippen LogP contribution in [-0.4, -0.2) is 25.8 Å². The number of aryl methyl sites for hydroxylation is 1. The normalized spacial score (nSPS) is 24.3. The average molecular weight is 325 g/mol. The summed E-state index contributed by atoms with van der Waals surface area (Å²) in [6.07, 6.45) is 2.50. The fourth-order valence-electron chi connectivity index (χ4n) is 4.35. The van der Waals surface area contributed by atoms with Crippen molar-refractivity contribution in [3.05, 3.63) is 70.8 Å². The maximum absolute atomic E-state index is 2.50. The molecule has 0 radical (unpaired) electrons. The second-order valence-electron chi connectivity index (χ2n) is 8.76. The second-order valence-corrected chi connectivity index (χ2v) is 14.2. The van der Waals surface area contributed by atoms with Gasteiger partial charge < -0.3 is 4.48 Å². The van der Waals surface area contributed by atoms with E-state index in [2.05, 4.69) is 82.1 Å². The highest BCUT2D eigenvalue weighted by Gasteiger charge is 2.41. The molecule has 122 valence electrons. The zero-order chi connectivity index (χ0) is 16.7. The molecule has 0 spiro atoms. The Morgan fingerprint density at radius 3 is 2.17 bits per heavy atom. The minimum absolute atomic E-state index is 0.581. The molecular weight excluding hydrogens is 294 g/mol. The molecule has 0 fully saturated rings. The largest absolute Gasteiger partial charge is 0.319 e. The van der Waals surface area contributed by atoms with Crippen LogP contribution in [0, 0.1) is 6.92 Å². The van der Waals surface area contributed by atoms with Gasteiger partial charge in [-0.05, 0) is 12.5 Å². The van der Waals surface area contributed by atoms with Crippen molar-refractivity contribution >= 4 is 8.07 Å². The van der Waals surface area contributed by atoms with Crippen LogP contribution in [0.2, 0.25) is 19.6 Å². The molecule has 2 aromatic carbocycles. The summed E-state index contributed by atoms with van der Waals surface area (Å²) in [5.74, 6) is 0. The van der Waals surface area contributed by atoms with Gasteiger partial charge in [-0.25, -0.2) is 0 Å². The highest BCUT2D eigenvalue weighted by atomic mass is 28.3. The van der Waals surface area contributed by atoms with Crippen molar-refractivity contribution in [3.63, 3.8) is 0 Å². The van der Waals surface area contributed by atoms with Gasteiger partial charge in [-0.2, -0.15) is 0 Å². The Hall–Kier alpha value is -1.38. The van der Waals surface area contributed by atoms with Crippen molar-refractivity contribution in [1.29, 1.82) is 0 Å². The van der Waals surface area contributed by atoms with Gasteiger partial charge in [-0.3, -0.25) is 0 Å². The molecule has 3 rings (SSSR count). The van der Waals surface area contributed by atoms with Gasteiger partial charge in [0.25, 0.3) is 0 Å². The van der Waals surface area contributed by atoms with Crippen LogP contribution in [0.25, 0.3) is 0 Å². The van der Waals surface area contributed by atoms with Gasteiger partial charge >= 0.3 is 0 Å². The molecule has 0 N–H and O–H groups in total. The van der Waals surface area contributed by atoms with E-state index in [0.717, 1.165) is 4.48 Å². The fraction of sp³-hybridized carbons (Fsp3) is 0.429. The zero-order valence-electron chi connectivity index (χ0n) is 15.3. The molecular formula is C21H30NSi+. The Kier molecular flexibility index (Phi) is 4.24. The van der Waals surface area contributed by atoms with E-state index in [0.29, 0.717) is 6.04 Å². The lowest BCUT2D eigenvalue weighted by molar-refractivity contribution is -0.945. The van der Waals surface area contributed by atoms with E-state index in [4.69, 9.17) is 0 Å². The van der Waals surface area contributed by atoms with E-state index in [1.807, 2.05) is 0 Å². The lowest BCUT2D eigenvalue weighted by Gasteiger charge is -2.48. The third-order valence-corrected chi connectivity index (χ3v) is 6.78. The minimum Gasteiger partial charge on any atom is -0.319 e. The third-order valence-electron chi connectivity index (χ3n) is 5.11. The van der Waals surface area contributed by atoms with E-state index in [9.17, 15) is 0 Å². The van der Waals surface area contributed by atoms with Crippen LogP contribution in [-0.2, 0) is 13.0 Å². The van der Waals surface area contributed by atoms with E-state index >= 15 is 0 Å². The van der Waals surface area contributed by atoms with Gasteiger partial charge in [0.15, 0.2) is 0 Å². The summed E-state index contributed by atoms with van der Waals surface area (Å²) < 4.78 is 1.16. The summed E-state index contributed by atoms with van der Waals surface area (Å²) >= 11 is 0. The molecule has 0 aromatic heterocycles. The van der Waals surface area contributed by atoms with Crippen LogP contribution in [0.5, 0.6) is 0 Å². The average Bonchev–Trinajstić information content (AvgIpc) is 2.45. The monoisotopic (exact) mass is 324 g/mol. The van der Waals surface area contributed by atoms with Crippen molar-refractivity contribution in [2.75, 3.05) is 13.2 Å². The molecule has 2 atom stereocenters. The number of hydrogen-bond donors (Lipinski definition) is 0. The molecule has 0 saturated carbocycles. The highest BCUT2D eigenvalue weighted by molar-refractivity contribution is 6.76. The summed E-state index contributed by atoms with van der Waals surface area (Å²) in [4.78, 5) is 0. The van der Waals surface area contributed by atoms with E-state index in [-0.39, 0.29) is 0 Å².